The lowest BCUT2D eigenvalue weighted by Crippen LogP contribution is -2.21. The Labute approximate surface area is 109 Å². The molecule has 0 atom stereocenters. The number of primary sulfonamides is 1. The van der Waals surface area contributed by atoms with Gasteiger partial charge in [-0.15, -0.1) is 13.2 Å². The number of methoxy groups -OCH3 is 1. The highest BCUT2D eigenvalue weighted by Gasteiger charge is 2.38. The van der Waals surface area contributed by atoms with Crippen LogP contribution in [0.4, 0.5) is 19.0 Å². The summed E-state index contributed by atoms with van der Waals surface area (Å²) in [6.07, 6.45) is -4.88. The van der Waals surface area contributed by atoms with E-state index in [1.165, 1.54) is 0 Å². The number of hydrogen-bond donors (Lipinski definition) is 1. The van der Waals surface area contributed by atoms with Crippen molar-refractivity contribution in [2.75, 3.05) is 7.11 Å². The van der Waals surface area contributed by atoms with Crippen molar-refractivity contribution in [3.63, 3.8) is 0 Å². The molecule has 1 heterocycles. The molecule has 2 N–H and O–H groups in total. The molecule has 0 amide bonds. The number of pyridine rings is 1. The van der Waals surface area contributed by atoms with Gasteiger partial charge in [0.05, 0.1) is 7.11 Å². The smallest absolute Gasteiger partial charge is 0.491 e. The summed E-state index contributed by atoms with van der Waals surface area (Å²) < 4.78 is 66.8. The molecule has 20 heavy (non-hydrogen) atoms. The third-order valence-corrected chi connectivity index (χ3v) is 2.76. The number of nitro groups is 1. The van der Waals surface area contributed by atoms with Crippen molar-refractivity contribution in [3.8, 4) is 11.5 Å². The fourth-order valence-corrected chi connectivity index (χ4v) is 2.05. The molecule has 0 fully saturated rings. The van der Waals surface area contributed by atoms with Crippen LogP contribution in [0.5, 0.6) is 11.5 Å². The molecule has 0 saturated heterocycles. The van der Waals surface area contributed by atoms with Crippen molar-refractivity contribution < 1.29 is 36.0 Å². The molecular weight excluding hydrogens is 311 g/mol. The van der Waals surface area contributed by atoms with E-state index in [1.54, 1.807) is 0 Å². The molecule has 1 aromatic heterocycles. The molecule has 0 aliphatic carbocycles. The van der Waals surface area contributed by atoms with Crippen LogP contribution < -0.4 is 14.6 Å². The lowest BCUT2D eigenvalue weighted by atomic mass is 10.4. The molecule has 1 rings (SSSR count). The first-order valence-electron chi connectivity index (χ1n) is 4.47. The van der Waals surface area contributed by atoms with Crippen LogP contribution in [0.2, 0.25) is 0 Å². The molecule has 0 bridgehead atoms. The van der Waals surface area contributed by atoms with E-state index in [9.17, 15) is 31.7 Å². The van der Waals surface area contributed by atoms with E-state index in [0.717, 1.165) is 7.11 Å². The largest absolute Gasteiger partial charge is 0.573 e. The number of nitrogens with two attached hydrogens (primary N) is 1. The van der Waals surface area contributed by atoms with Gasteiger partial charge in [0.15, 0.2) is 11.9 Å². The molecule has 0 aliphatic heterocycles. The average Bonchev–Trinajstić information content (AvgIpc) is 2.24. The highest BCUT2D eigenvalue weighted by Crippen LogP contribution is 2.40. The van der Waals surface area contributed by atoms with Crippen molar-refractivity contribution in [3.05, 3.63) is 16.3 Å². The van der Waals surface area contributed by atoms with E-state index in [4.69, 9.17) is 5.14 Å². The standard InChI is InChI=1S/C7H6F3N3O6S/c1-18-4-3(19-7(8,9)10)2-12-6(13(14)15)5(4)20(11,16)17/h2H,1H3,(H2,11,16,17). The van der Waals surface area contributed by atoms with Gasteiger partial charge in [-0.25, -0.2) is 13.6 Å². The van der Waals surface area contributed by atoms with Gasteiger partial charge in [0.2, 0.25) is 20.7 Å². The first-order chi connectivity index (χ1) is 8.97. The van der Waals surface area contributed by atoms with E-state index >= 15 is 0 Å². The highest BCUT2D eigenvalue weighted by molar-refractivity contribution is 7.89. The Hall–Kier alpha value is -2.15. The second-order valence-electron chi connectivity index (χ2n) is 3.16. The fraction of sp³-hybridized carbons (Fsp3) is 0.286. The van der Waals surface area contributed by atoms with Crippen LogP contribution in [-0.4, -0.2) is 31.8 Å². The Balaban J connectivity index is 3.66. The second kappa shape index (κ2) is 5.09. The minimum absolute atomic E-state index is 0.305. The number of ether oxygens (including phenoxy) is 2. The molecule has 0 unspecified atom stereocenters. The molecule has 1 aromatic rings. The van der Waals surface area contributed by atoms with Crippen LogP contribution in [0.25, 0.3) is 0 Å². The second-order valence-corrected chi connectivity index (χ2v) is 4.66. The van der Waals surface area contributed by atoms with Gasteiger partial charge in [-0.05, 0) is 9.91 Å². The average molecular weight is 317 g/mol. The van der Waals surface area contributed by atoms with Crippen LogP contribution in [0, 0.1) is 10.1 Å². The number of sulfonamides is 1. The van der Waals surface area contributed by atoms with Crippen molar-refractivity contribution >= 4 is 15.8 Å². The lowest BCUT2D eigenvalue weighted by molar-refractivity contribution is -0.392. The van der Waals surface area contributed by atoms with E-state index < -0.39 is 43.5 Å². The van der Waals surface area contributed by atoms with Crippen LogP contribution >= 0.6 is 0 Å². The third-order valence-electron chi connectivity index (χ3n) is 1.82. The zero-order valence-electron chi connectivity index (χ0n) is 9.54. The summed E-state index contributed by atoms with van der Waals surface area (Å²) in [5.74, 6) is -3.51. The predicted octanol–water partition coefficient (Wildman–Crippen LogP) is 0.544. The summed E-state index contributed by atoms with van der Waals surface area (Å²) in [6, 6.07) is 0. The quantitative estimate of drug-likeness (QED) is 0.632. The number of hydrogen-bond acceptors (Lipinski definition) is 7. The van der Waals surface area contributed by atoms with E-state index in [2.05, 4.69) is 14.5 Å². The predicted molar refractivity (Wildman–Crippen MR) is 55.5 cm³/mol. The number of nitrogens with zero attached hydrogens (tertiary/aromatic N) is 2. The summed E-state index contributed by atoms with van der Waals surface area (Å²) >= 11 is 0. The number of alkyl halides is 3. The zero-order valence-corrected chi connectivity index (χ0v) is 10.4. The van der Waals surface area contributed by atoms with Gasteiger partial charge in [-0.1, -0.05) is 0 Å². The Kier molecular flexibility index (Phi) is 4.04. The van der Waals surface area contributed by atoms with Crippen molar-refractivity contribution in [1.82, 2.24) is 4.98 Å². The normalized spacial score (nSPS) is 12.1. The maximum absolute atomic E-state index is 12.1. The van der Waals surface area contributed by atoms with Gasteiger partial charge in [-0.3, -0.25) is 0 Å². The third kappa shape index (κ3) is 3.45. The Morgan fingerprint density at radius 2 is 2.00 bits per heavy atom. The minimum Gasteiger partial charge on any atom is -0.491 e. The molecular formula is C7H6F3N3O6S. The molecule has 0 aliphatic rings. The molecule has 13 heteroatoms. The van der Waals surface area contributed by atoms with E-state index in [1.807, 2.05) is 0 Å². The van der Waals surface area contributed by atoms with Gasteiger partial charge >= 0.3 is 12.2 Å². The van der Waals surface area contributed by atoms with Gasteiger partial charge in [0.25, 0.3) is 0 Å². The monoisotopic (exact) mass is 317 g/mol. The SMILES string of the molecule is COc1c(OC(F)(F)F)cnc([N+](=O)[O-])c1S(N)(=O)=O. The lowest BCUT2D eigenvalue weighted by Gasteiger charge is -2.13. The van der Waals surface area contributed by atoms with Gasteiger partial charge in [0.1, 0.15) is 0 Å². The summed E-state index contributed by atoms with van der Waals surface area (Å²) in [5.41, 5.74) is 0. The van der Waals surface area contributed by atoms with Crippen LogP contribution in [0.1, 0.15) is 0 Å². The van der Waals surface area contributed by atoms with Crippen molar-refractivity contribution in [2.24, 2.45) is 5.14 Å². The summed E-state index contributed by atoms with van der Waals surface area (Å²) in [5, 5.41) is 15.4. The highest BCUT2D eigenvalue weighted by atomic mass is 32.2. The summed E-state index contributed by atoms with van der Waals surface area (Å²) in [7, 11) is -3.99. The van der Waals surface area contributed by atoms with Gasteiger partial charge in [0, 0.05) is 0 Å². The maximum atomic E-state index is 12.1. The van der Waals surface area contributed by atoms with Gasteiger partial charge < -0.3 is 19.6 Å². The number of halogens is 3. The number of aromatic nitrogens is 1. The molecule has 112 valence electrons. The molecule has 0 radical (unpaired) electrons. The first-order valence-corrected chi connectivity index (χ1v) is 6.02. The fourth-order valence-electron chi connectivity index (χ4n) is 1.23. The van der Waals surface area contributed by atoms with Crippen molar-refractivity contribution in [2.45, 2.75) is 11.3 Å². The first kappa shape index (κ1) is 15.9. The van der Waals surface area contributed by atoms with Gasteiger partial charge in [-0.2, -0.15) is 0 Å². The van der Waals surface area contributed by atoms with E-state index in [-0.39, 0.29) is 0 Å². The van der Waals surface area contributed by atoms with Crippen LogP contribution in [0.3, 0.4) is 0 Å². The molecule has 0 spiro atoms. The molecule has 0 saturated carbocycles. The molecule has 9 nitrogen and oxygen atoms in total. The van der Waals surface area contributed by atoms with Crippen molar-refractivity contribution in [1.29, 1.82) is 0 Å². The maximum Gasteiger partial charge on any atom is 0.573 e. The topological polar surface area (TPSA) is 135 Å². The van der Waals surface area contributed by atoms with Crippen LogP contribution in [-0.2, 0) is 10.0 Å². The number of rotatable bonds is 4. The minimum atomic E-state index is -5.18. The van der Waals surface area contributed by atoms with E-state index in [0.29, 0.717) is 6.20 Å². The zero-order chi connectivity index (χ0) is 15.7. The Bertz CT molecular complexity index is 644. The molecule has 0 aromatic carbocycles. The summed E-state index contributed by atoms with van der Waals surface area (Å²) in [4.78, 5) is 11.1. The van der Waals surface area contributed by atoms with Crippen LogP contribution in [0.15, 0.2) is 11.1 Å². The summed E-state index contributed by atoms with van der Waals surface area (Å²) in [6.45, 7) is 0. The Morgan fingerprint density at radius 1 is 1.45 bits per heavy atom. The Morgan fingerprint density at radius 3 is 2.35 bits per heavy atom.